The normalized spacial score (nSPS) is 10.2. The molecule has 0 unspecified atom stereocenters. The van der Waals surface area contributed by atoms with Gasteiger partial charge in [0.05, 0.1) is 6.61 Å². The van der Waals surface area contributed by atoms with Crippen molar-refractivity contribution in [3.05, 3.63) is 24.0 Å². The van der Waals surface area contributed by atoms with Crippen molar-refractivity contribution in [3.8, 4) is 0 Å². The third-order valence-corrected chi connectivity index (χ3v) is 2.39. The molecule has 0 spiro atoms. The minimum absolute atomic E-state index is 0.155. The molecule has 1 amide bonds. The largest absolute Gasteiger partial charge is 0.385 e. The Kier molecular flexibility index (Phi) is 7.53. The van der Waals surface area contributed by atoms with Crippen LogP contribution < -0.4 is 16.4 Å². The van der Waals surface area contributed by atoms with Crippen LogP contribution in [-0.2, 0) is 4.74 Å². The zero-order chi connectivity index (χ0) is 13.9. The molecule has 0 bridgehead atoms. The summed E-state index contributed by atoms with van der Waals surface area (Å²) >= 11 is 0. The molecule has 1 aromatic heterocycles. The Morgan fingerprint density at radius 1 is 1.47 bits per heavy atom. The fraction of sp³-hybridized carbons (Fsp3) is 0.538. The highest BCUT2D eigenvalue weighted by atomic mass is 16.5. The van der Waals surface area contributed by atoms with E-state index in [1.165, 1.54) is 0 Å². The van der Waals surface area contributed by atoms with Crippen LogP contribution in [0.25, 0.3) is 0 Å². The summed E-state index contributed by atoms with van der Waals surface area (Å²) in [6.07, 6.45) is 2.51. The fourth-order valence-corrected chi connectivity index (χ4v) is 1.51. The molecule has 1 heterocycles. The Morgan fingerprint density at radius 2 is 2.32 bits per heavy atom. The number of pyridine rings is 1. The molecule has 6 heteroatoms. The van der Waals surface area contributed by atoms with E-state index in [1.54, 1.807) is 12.3 Å². The zero-order valence-electron chi connectivity index (χ0n) is 11.3. The van der Waals surface area contributed by atoms with E-state index >= 15 is 0 Å². The molecule has 4 N–H and O–H groups in total. The van der Waals surface area contributed by atoms with Gasteiger partial charge in [-0.25, -0.2) is 0 Å². The van der Waals surface area contributed by atoms with E-state index in [-0.39, 0.29) is 5.91 Å². The quantitative estimate of drug-likeness (QED) is 0.570. The van der Waals surface area contributed by atoms with Gasteiger partial charge in [0.1, 0.15) is 5.69 Å². The van der Waals surface area contributed by atoms with E-state index in [4.69, 9.17) is 10.5 Å². The first-order valence-electron chi connectivity index (χ1n) is 6.54. The predicted molar refractivity (Wildman–Crippen MR) is 75.2 cm³/mol. The van der Waals surface area contributed by atoms with E-state index in [0.717, 1.165) is 18.7 Å². The number of hydrogen-bond acceptors (Lipinski definition) is 5. The summed E-state index contributed by atoms with van der Waals surface area (Å²) in [6.45, 7) is 5.07. The van der Waals surface area contributed by atoms with Gasteiger partial charge < -0.3 is 21.1 Å². The molecule has 19 heavy (non-hydrogen) atoms. The smallest absolute Gasteiger partial charge is 0.269 e. The van der Waals surface area contributed by atoms with Crippen molar-refractivity contribution in [1.82, 2.24) is 10.3 Å². The highest BCUT2D eigenvalue weighted by molar-refractivity contribution is 5.93. The minimum atomic E-state index is -0.155. The third kappa shape index (κ3) is 6.17. The number of aromatic nitrogens is 1. The van der Waals surface area contributed by atoms with Crippen LogP contribution >= 0.6 is 0 Å². The zero-order valence-corrected chi connectivity index (χ0v) is 11.3. The summed E-state index contributed by atoms with van der Waals surface area (Å²) in [6, 6.07) is 3.58. The average molecular weight is 266 g/mol. The first-order valence-corrected chi connectivity index (χ1v) is 6.54. The molecule has 0 fully saturated rings. The number of carbonyl (C=O) groups excluding carboxylic acids is 1. The van der Waals surface area contributed by atoms with E-state index < -0.39 is 0 Å². The maximum atomic E-state index is 11.6. The molecule has 0 aliphatic rings. The van der Waals surface area contributed by atoms with Crippen molar-refractivity contribution in [2.24, 2.45) is 5.73 Å². The van der Waals surface area contributed by atoms with Crippen molar-refractivity contribution >= 4 is 11.6 Å². The summed E-state index contributed by atoms with van der Waals surface area (Å²) in [5.74, 6) is -0.155. The minimum Gasteiger partial charge on any atom is -0.385 e. The molecule has 106 valence electrons. The average Bonchev–Trinajstić information content (AvgIpc) is 2.43. The van der Waals surface area contributed by atoms with Gasteiger partial charge in [-0.2, -0.15) is 0 Å². The Bertz CT molecular complexity index is 385. The van der Waals surface area contributed by atoms with Gasteiger partial charge in [0, 0.05) is 38.1 Å². The molecule has 1 aromatic rings. The van der Waals surface area contributed by atoms with Crippen molar-refractivity contribution in [1.29, 1.82) is 0 Å². The fourth-order valence-electron chi connectivity index (χ4n) is 1.51. The second kappa shape index (κ2) is 9.29. The van der Waals surface area contributed by atoms with Crippen LogP contribution in [0.4, 0.5) is 5.69 Å². The Hall–Kier alpha value is -1.66. The van der Waals surface area contributed by atoms with Crippen LogP contribution in [0, 0.1) is 0 Å². The lowest BCUT2D eigenvalue weighted by molar-refractivity contribution is 0.0951. The van der Waals surface area contributed by atoms with Gasteiger partial charge in [0.25, 0.3) is 5.91 Å². The number of nitrogens with one attached hydrogen (secondary N) is 2. The summed E-state index contributed by atoms with van der Waals surface area (Å²) in [5.41, 5.74) is 6.63. The van der Waals surface area contributed by atoms with Gasteiger partial charge >= 0.3 is 0 Å². The van der Waals surface area contributed by atoms with E-state index in [0.29, 0.717) is 32.0 Å². The van der Waals surface area contributed by atoms with Gasteiger partial charge in [-0.3, -0.25) is 9.78 Å². The van der Waals surface area contributed by atoms with Crippen LogP contribution in [0.15, 0.2) is 18.3 Å². The van der Waals surface area contributed by atoms with Crippen molar-refractivity contribution in [2.75, 3.05) is 38.2 Å². The molecule has 0 aliphatic heterocycles. The lowest BCUT2D eigenvalue weighted by Gasteiger charge is -2.08. The van der Waals surface area contributed by atoms with Crippen molar-refractivity contribution < 1.29 is 9.53 Å². The molecular weight excluding hydrogens is 244 g/mol. The molecule has 0 saturated heterocycles. The standard InChI is InChI=1S/C13H22N4O2/c1-2-15-13(18)12-10-11(4-7-17-12)16-6-3-8-19-9-5-14/h4,7,10H,2-3,5-6,8-9,14H2,1H3,(H,15,18)(H,16,17). The number of carbonyl (C=O) groups is 1. The van der Waals surface area contributed by atoms with Crippen LogP contribution in [0.2, 0.25) is 0 Å². The number of rotatable bonds is 9. The predicted octanol–water partition coefficient (Wildman–Crippen LogP) is 0.609. The number of nitrogens with two attached hydrogens (primary N) is 1. The highest BCUT2D eigenvalue weighted by Crippen LogP contribution is 2.07. The lowest BCUT2D eigenvalue weighted by atomic mass is 10.3. The van der Waals surface area contributed by atoms with Crippen LogP contribution in [0.1, 0.15) is 23.8 Å². The van der Waals surface area contributed by atoms with E-state index in [2.05, 4.69) is 15.6 Å². The number of nitrogens with zero attached hydrogens (tertiary/aromatic N) is 1. The first-order chi connectivity index (χ1) is 9.27. The van der Waals surface area contributed by atoms with Crippen LogP contribution in [0.3, 0.4) is 0 Å². The number of anilines is 1. The van der Waals surface area contributed by atoms with Crippen LogP contribution in [0.5, 0.6) is 0 Å². The SMILES string of the molecule is CCNC(=O)c1cc(NCCCOCCN)ccn1. The maximum absolute atomic E-state index is 11.6. The summed E-state index contributed by atoms with van der Waals surface area (Å²) in [7, 11) is 0. The lowest BCUT2D eigenvalue weighted by Crippen LogP contribution is -2.23. The van der Waals surface area contributed by atoms with Gasteiger partial charge in [-0.05, 0) is 25.5 Å². The van der Waals surface area contributed by atoms with Gasteiger partial charge in [0.2, 0.25) is 0 Å². The molecular formula is C13H22N4O2. The molecule has 1 rings (SSSR count). The van der Waals surface area contributed by atoms with E-state index in [1.807, 2.05) is 13.0 Å². The number of hydrogen-bond donors (Lipinski definition) is 3. The van der Waals surface area contributed by atoms with Gasteiger partial charge in [-0.1, -0.05) is 0 Å². The second-order valence-electron chi connectivity index (χ2n) is 3.97. The number of amides is 1. The molecule has 0 aromatic carbocycles. The maximum Gasteiger partial charge on any atom is 0.269 e. The molecule has 0 aliphatic carbocycles. The number of ether oxygens (including phenoxy) is 1. The molecule has 6 nitrogen and oxygen atoms in total. The third-order valence-electron chi connectivity index (χ3n) is 2.39. The van der Waals surface area contributed by atoms with E-state index in [9.17, 15) is 4.79 Å². The van der Waals surface area contributed by atoms with Crippen LogP contribution in [-0.4, -0.2) is 43.7 Å². The first kappa shape index (κ1) is 15.4. The van der Waals surface area contributed by atoms with Gasteiger partial charge in [-0.15, -0.1) is 0 Å². The van der Waals surface area contributed by atoms with Gasteiger partial charge in [0.15, 0.2) is 0 Å². The molecule has 0 saturated carbocycles. The Balaban J connectivity index is 2.34. The topological polar surface area (TPSA) is 89.3 Å². The summed E-state index contributed by atoms with van der Waals surface area (Å²) in [5, 5.41) is 5.95. The second-order valence-corrected chi connectivity index (χ2v) is 3.97. The monoisotopic (exact) mass is 266 g/mol. The molecule has 0 atom stereocenters. The summed E-state index contributed by atoms with van der Waals surface area (Å²) in [4.78, 5) is 15.6. The Morgan fingerprint density at radius 3 is 3.05 bits per heavy atom. The van der Waals surface area contributed by atoms with Crippen molar-refractivity contribution in [3.63, 3.8) is 0 Å². The van der Waals surface area contributed by atoms with Crippen molar-refractivity contribution in [2.45, 2.75) is 13.3 Å². The Labute approximate surface area is 113 Å². The summed E-state index contributed by atoms with van der Waals surface area (Å²) < 4.78 is 5.27. The highest BCUT2D eigenvalue weighted by Gasteiger charge is 2.05. The molecule has 0 radical (unpaired) electrons.